The highest BCUT2D eigenvalue weighted by Gasteiger charge is 2.07. The maximum Gasteiger partial charge on any atom is 0.273 e. The van der Waals surface area contributed by atoms with Crippen LogP contribution in [0.2, 0.25) is 0 Å². The number of pyridine rings is 1. The third-order valence-corrected chi connectivity index (χ3v) is 3.06. The molecule has 0 bridgehead atoms. The first-order chi connectivity index (χ1) is 11.4. The first-order valence-corrected chi connectivity index (χ1v) is 7.03. The lowest BCUT2D eigenvalue weighted by atomic mass is 10.2. The molecule has 4 N–H and O–H groups in total. The van der Waals surface area contributed by atoms with E-state index in [0.29, 0.717) is 17.1 Å². The summed E-state index contributed by atoms with van der Waals surface area (Å²) in [6.45, 7) is 1.53. The number of nitrogen functional groups attached to an aromatic ring is 1. The van der Waals surface area contributed by atoms with E-state index in [1.54, 1.807) is 31.2 Å². The highest BCUT2D eigenvalue weighted by molar-refractivity contribution is 5.81. The Kier molecular flexibility index (Phi) is 5.20. The number of hydrogen-bond acceptors (Lipinski definition) is 6. The molecule has 0 atom stereocenters. The van der Waals surface area contributed by atoms with Gasteiger partial charge in [0.25, 0.3) is 11.5 Å². The summed E-state index contributed by atoms with van der Waals surface area (Å²) < 4.78 is 11.5. The molecule has 2 rings (SSSR count). The number of primary amides is 1. The number of amides is 1. The van der Waals surface area contributed by atoms with Gasteiger partial charge >= 0.3 is 0 Å². The number of methoxy groups -OCH3 is 1. The lowest BCUT2D eigenvalue weighted by Gasteiger charge is -2.10. The van der Waals surface area contributed by atoms with Gasteiger partial charge in [0.05, 0.1) is 13.3 Å². The fourth-order valence-corrected chi connectivity index (χ4v) is 2.00. The van der Waals surface area contributed by atoms with E-state index in [0.717, 1.165) is 10.2 Å². The average molecular weight is 330 g/mol. The SMILES string of the molecule is COc1cc(/C=N\n2c(N)cc(C)cc2=O)ccc1OCC(N)=O. The average Bonchev–Trinajstić information content (AvgIpc) is 2.52. The number of aryl methyl sites for hydroxylation is 1. The van der Waals surface area contributed by atoms with Gasteiger partial charge in [-0.1, -0.05) is 0 Å². The second-order valence-electron chi connectivity index (χ2n) is 5.02. The minimum Gasteiger partial charge on any atom is -0.493 e. The zero-order valence-electron chi connectivity index (χ0n) is 13.4. The number of carbonyl (C=O) groups excluding carboxylic acids is 1. The number of rotatable bonds is 6. The van der Waals surface area contributed by atoms with Crippen LogP contribution < -0.4 is 26.5 Å². The normalized spacial score (nSPS) is 10.8. The van der Waals surface area contributed by atoms with Crippen molar-refractivity contribution in [2.45, 2.75) is 6.92 Å². The maximum atomic E-state index is 11.9. The van der Waals surface area contributed by atoms with Gasteiger partial charge in [-0.05, 0) is 42.3 Å². The van der Waals surface area contributed by atoms with Crippen molar-refractivity contribution in [2.24, 2.45) is 10.8 Å². The van der Waals surface area contributed by atoms with Crippen LogP contribution in [0.15, 0.2) is 40.2 Å². The number of nitrogens with zero attached hydrogens (tertiary/aromatic N) is 2. The van der Waals surface area contributed by atoms with E-state index in [-0.39, 0.29) is 18.0 Å². The predicted octanol–water partition coefficient (Wildman–Crippen LogP) is 0.494. The molecule has 0 aliphatic rings. The fraction of sp³-hybridized carbons (Fsp3) is 0.188. The molecule has 24 heavy (non-hydrogen) atoms. The van der Waals surface area contributed by atoms with Crippen molar-refractivity contribution in [3.63, 3.8) is 0 Å². The van der Waals surface area contributed by atoms with Crippen molar-refractivity contribution in [1.82, 2.24) is 4.68 Å². The van der Waals surface area contributed by atoms with Gasteiger partial charge in [-0.15, -0.1) is 0 Å². The van der Waals surface area contributed by atoms with Crippen molar-refractivity contribution in [3.05, 3.63) is 51.8 Å². The van der Waals surface area contributed by atoms with Gasteiger partial charge in [-0.2, -0.15) is 9.78 Å². The Morgan fingerprint density at radius 1 is 1.29 bits per heavy atom. The molecule has 1 heterocycles. The minimum absolute atomic E-state index is 0.240. The number of carbonyl (C=O) groups is 1. The minimum atomic E-state index is -0.586. The van der Waals surface area contributed by atoms with Crippen LogP contribution in [0.3, 0.4) is 0 Å². The largest absolute Gasteiger partial charge is 0.493 e. The Labute approximate surface area is 138 Å². The smallest absolute Gasteiger partial charge is 0.273 e. The zero-order valence-corrected chi connectivity index (χ0v) is 13.4. The Morgan fingerprint density at radius 2 is 2.04 bits per heavy atom. The van der Waals surface area contributed by atoms with Crippen molar-refractivity contribution < 1.29 is 14.3 Å². The summed E-state index contributed by atoms with van der Waals surface area (Å²) >= 11 is 0. The van der Waals surface area contributed by atoms with Crippen LogP contribution in [-0.4, -0.2) is 30.5 Å². The summed E-state index contributed by atoms with van der Waals surface area (Å²) in [5.74, 6) is 0.437. The number of ether oxygens (including phenoxy) is 2. The molecule has 0 spiro atoms. The van der Waals surface area contributed by atoms with Crippen LogP contribution in [0.5, 0.6) is 11.5 Å². The maximum absolute atomic E-state index is 11.9. The zero-order chi connectivity index (χ0) is 17.7. The molecule has 0 aliphatic carbocycles. The molecular formula is C16H18N4O4. The van der Waals surface area contributed by atoms with E-state index in [2.05, 4.69) is 5.10 Å². The molecule has 0 unspecified atom stereocenters. The lowest BCUT2D eigenvalue weighted by Crippen LogP contribution is -2.20. The summed E-state index contributed by atoms with van der Waals surface area (Å²) in [6, 6.07) is 8.05. The summed E-state index contributed by atoms with van der Waals surface area (Å²) in [6.07, 6.45) is 1.47. The summed E-state index contributed by atoms with van der Waals surface area (Å²) in [5.41, 5.74) is 11.9. The van der Waals surface area contributed by atoms with Crippen molar-refractivity contribution >= 4 is 17.9 Å². The molecule has 8 heteroatoms. The first kappa shape index (κ1) is 17.1. The summed E-state index contributed by atoms with van der Waals surface area (Å²) in [7, 11) is 1.47. The Balaban J connectivity index is 2.27. The lowest BCUT2D eigenvalue weighted by molar-refractivity contribution is -0.119. The van der Waals surface area contributed by atoms with Gasteiger partial charge in [-0.25, -0.2) is 0 Å². The first-order valence-electron chi connectivity index (χ1n) is 7.03. The molecule has 126 valence electrons. The van der Waals surface area contributed by atoms with Gasteiger partial charge in [-0.3, -0.25) is 9.59 Å². The van der Waals surface area contributed by atoms with Gasteiger partial charge in [0.1, 0.15) is 5.82 Å². The quantitative estimate of drug-likeness (QED) is 0.747. The van der Waals surface area contributed by atoms with Crippen molar-refractivity contribution in [2.75, 3.05) is 19.5 Å². The van der Waals surface area contributed by atoms with E-state index >= 15 is 0 Å². The van der Waals surface area contributed by atoms with Gasteiger partial charge in [0.2, 0.25) is 0 Å². The molecular weight excluding hydrogens is 312 g/mol. The number of aromatic nitrogens is 1. The van der Waals surface area contributed by atoms with Crippen LogP contribution in [0.4, 0.5) is 5.82 Å². The predicted molar refractivity (Wildman–Crippen MR) is 90.5 cm³/mol. The Hall–Kier alpha value is -3.29. The molecule has 0 aliphatic heterocycles. The van der Waals surface area contributed by atoms with Crippen molar-refractivity contribution in [3.8, 4) is 11.5 Å². The number of anilines is 1. The van der Waals surface area contributed by atoms with Gasteiger partial charge < -0.3 is 20.9 Å². The molecule has 8 nitrogen and oxygen atoms in total. The highest BCUT2D eigenvalue weighted by atomic mass is 16.5. The number of nitrogens with two attached hydrogens (primary N) is 2. The van der Waals surface area contributed by atoms with Crippen molar-refractivity contribution in [1.29, 1.82) is 0 Å². The molecule has 0 saturated heterocycles. The fourth-order valence-electron chi connectivity index (χ4n) is 2.00. The second kappa shape index (κ2) is 7.32. The second-order valence-corrected chi connectivity index (χ2v) is 5.02. The van der Waals surface area contributed by atoms with Crippen LogP contribution in [0.25, 0.3) is 0 Å². The summed E-state index contributed by atoms with van der Waals surface area (Å²) in [5, 5.41) is 4.08. The van der Waals surface area contributed by atoms with E-state index in [1.807, 2.05) is 0 Å². The third kappa shape index (κ3) is 4.13. The van der Waals surface area contributed by atoms with E-state index in [9.17, 15) is 9.59 Å². The van der Waals surface area contributed by atoms with Crippen LogP contribution in [0.1, 0.15) is 11.1 Å². The van der Waals surface area contributed by atoms with E-state index in [4.69, 9.17) is 20.9 Å². The van der Waals surface area contributed by atoms with Gasteiger partial charge in [0.15, 0.2) is 18.1 Å². The van der Waals surface area contributed by atoms with E-state index in [1.165, 1.54) is 19.4 Å². The molecule has 0 radical (unpaired) electrons. The molecule has 1 aromatic heterocycles. The molecule has 1 amide bonds. The van der Waals surface area contributed by atoms with Gasteiger partial charge in [0, 0.05) is 6.07 Å². The Morgan fingerprint density at radius 3 is 2.67 bits per heavy atom. The topological polar surface area (TPSA) is 122 Å². The molecule has 0 fully saturated rings. The number of hydrogen-bond donors (Lipinski definition) is 2. The van der Waals surface area contributed by atoms with Crippen LogP contribution in [-0.2, 0) is 4.79 Å². The van der Waals surface area contributed by atoms with Crippen LogP contribution >= 0.6 is 0 Å². The monoisotopic (exact) mass is 330 g/mol. The Bertz CT molecular complexity index is 842. The van der Waals surface area contributed by atoms with Crippen LogP contribution in [0, 0.1) is 6.92 Å². The van der Waals surface area contributed by atoms with E-state index < -0.39 is 5.91 Å². The highest BCUT2D eigenvalue weighted by Crippen LogP contribution is 2.27. The molecule has 0 saturated carbocycles. The summed E-state index contributed by atoms with van der Waals surface area (Å²) in [4.78, 5) is 22.7. The third-order valence-electron chi connectivity index (χ3n) is 3.06. The standard InChI is InChI=1S/C16H18N4O4/c1-10-5-14(17)20(16(22)6-10)19-8-11-3-4-12(13(7-11)23-2)24-9-15(18)21/h3-8H,9,17H2,1-2H3,(H2,18,21)/b19-8-. The molecule has 1 aromatic carbocycles. The molecule has 2 aromatic rings. The number of benzene rings is 1.